The van der Waals surface area contributed by atoms with Crippen LogP contribution in [0.3, 0.4) is 0 Å². The summed E-state index contributed by atoms with van der Waals surface area (Å²) in [7, 11) is -1.22. The summed E-state index contributed by atoms with van der Waals surface area (Å²) in [6, 6.07) is 1.52. The molecule has 0 unspecified atom stereocenters. The molecule has 0 aromatic carbocycles. The molecule has 0 bridgehead atoms. The van der Waals surface area contributed by atoms with Crippen molar-refractivity contribution in [1.29, 1.82) is 0 Å². The predicted molar refractivity (Wildman–Crippen MR) is 60.9 cm³/mol. The van der Waals surface area contributed by atoms with Crippen molar-refractivity contribution in [3.05, 3.63) is 0 Å². The number of hydrogen-bond acceptors (Lipinski definition) is 1. The van der Waals surface area contributed by atoms with Crippen LogP contribution in [0.25, 0.3) is 0 Å². The van der Waals surface area contributed by atoms with Crippen LogP contribution in [0.1, 0.15) is 51.4 Å². The molecule has 0 aromatic rings. The molecule has 2 heteroatoms. The van der Waals surface area contributed by atoms with E-state index >= 15 is 0 Å². The SMILES string of the molecule is C1CC[Si](C2CCC2)(C2CCC2)OC1. The molecular formula is C12H22OSi. The van der Waals surface area contributed by atoms with Crippen LogP contribution in [-0.4, -0.2) is 14.9 Å². The van der Waals surface area contributed by atoms with Crippen LogP contribution in [0.2, 0.25) is 17.1 Å². The summed E-state index contributed by atoms with van der Waals surface area (Å²) in [4.78, 5) is 0. The minimum Gasteiger partial charge on any atom is -0.416 e. The fourth-order valence-corrected chi connectivity index (χ4v) is 9.81. The highest BCUT2D eigenvalue weighted by Crippen LogP contribution is 2.56. The maximum absolute atomic E-state index is 6.41. The van der Waals surface area contributed by atoms with Gasteiger partial charge >= 0.3 is 0 Å². The molecule has 0 spiro atoms. The first-order valence-corrected chi connectivity index (χ1v) is 8.83. The van der Waals surface area contributed by atoms with Crippen molar-refractivity contribution in [2.24, 2.45) is 0 Å². The molecule has 3 aliphatic rings. The Labute approximate surface area is 88.4 Å². The molecule has 0 atom stereocenters. The van der Waals surface area contributed by atoms with Gasteiger partial charge in [-0.3, -0.25) is 0 Å². The lowest BCUT2D eigenvalue weighted by molar-refractivity contribution is 0.217. The summed E-state index contributed by atoms with van der Waals surface area (Å²) >= 11 is 0. The van der Waals surface area contributed by atoms with E-state index in [0.29, 0.717) is 0 Å². The van der Waals surface area contributed by atoms with Gasteiger partial charge < -0.3 is 4.43 Å². The Hall–Kier alpha value is 0.177. The minimum atomic E-state index is -1.22. The van der Waals surface area contributed by atoms with Crippen LogP contribution < -0.4 is 0 Å². The summed E-state index contributed by atoms with van der Waals surface area (Å²) in [5.74, 6) is 0. The Bertz CT molecular complexity index is 186. The lowest BCUT2D eigenvalue weighted by atomic mass is 9.98. The highest BCUT2D eigenvalue weighted by atomic mass is 28.4. The van der Waals surface area contributed by atoms with Gasteiger partial charge in [-0.2, -0.15) is 0 Å². The average Bonchev–Trinajstić information content (AvgIpc) is 1.98. The van der Waals surface area contributed by atoms with Gasteiger partial charge in [0.2, 0.25) is 0 Å². The quantitative estimate of drug-likeness (QED) is 0.629. The number of hydrogen-bond donors (Lipinski definition) is 0. The van der Waals surface area contributed by atoms with Gasteiger partial charge in [-0.05, 0) is 23.5 Å². The van der Waals surface area contributed by atoms with Gasteiger partial charge in [0, 0.05) is 6.61 Å². The van der Waals surface area contributed by atoms with Gasteiger partial charge in [-0.25, -0.2) is 0 Å². The molecule has 1 heterocycles. The maximum Gasteiger partial charge on any atom is 0.198 e. The van der Waals surface area contributed by atoms with Gasteiger partial charge in [-0.15, -0.1) is 0 Å². The standard InChI is InChI=1S/C12H22OSi/c1-2-10-14(13-9-1,11-5-3-6-11)12-7-4-8-12/h11-12H,1-10H2. The van der Waals surface area contributed by atoms with E-state index in [1.807, 2.05) is 0 Å². The van der Waals surface area contributed by atoms with Gasteiger partial charge in [-0.1, -0.05) is 44.9 Å². The predicted octanol–water partition coefficient (Wildman–Crippen LogP) is 3.85. The molecule has 14 heavy (non-hydrogen) atoms. The Morgan fingerprint density at radius 1 is 0.786 bits per heavy atom. The third-order valence-electron chi connectivity index (χ3n) is 4.93. The van der Waals surface area contributed by atoms with Crippen LogP contribution in [-0.2, 0) is 4.43 Å². The topological polar surface area (TPSA) is 9.23 Å². The van der Waals surface area contributed by atoms with E-state index in [0.717, 1.165) is 17.7 Å². The third kappa shape index (κ3) is 1.30. The molecule has 1 aliphatic heterocycles. The van der Waals surface area contributed by atoms with Crippen LogP contribution in [0.4, 0.5) is 0 Å². The van der Waals surface area contributed by atoms with E-state index in [2.05, 4.69) is 0 Å². The first-order valence-electron chi connectivity index (χ1n) is 6.56. The van der Waals surface area contributed by atoms with E-state index in [1.165, 1.54) is 57.4 Å². The lowest BCUT2D eigenvalue weighted by Crippen LogP contribution is -2.53. The fourth-order valence-electron chi connectivity index (χ4n) is 3.61. The van der Waals surface area contributed by atoms with E-state index < -0.39 is 8.32 Å². The largest absolute Gasteiger partial charge is 0.416 e. The Balaban J connectivity index is 1.76. The van der Waals surface area contributed by atoms with Crippen molar-refractivity contribution in [1.82, 2.24) is 0 Å². The summed E-state index contributed by atoms with van der Waals surface area (Å²) < 4.78 is 6.41. The van der Waals surface area contributed by atoms with E-state index in [-0.39, 0.29) is 0 Å². The molecule has 3 rings (SSSR count). The zero-order valence-corrected chi connectivity index (χ0v) is 10.1. The van der Waals surface area contributed by atoms with Crippen molar-refractivity contribution < 1.29 is 4.43 Å². The maximum atomic E-state index is 6.41. The molecule has 80 valence electrons. The van der Waals surface area contributed by atoms with Crippen molar-refractivity contribution in [3.63, 3.8) is 0 Å². The summed E-state index contributed by atoms with van der Waals surface area (Å²) in [6.45, 7) is 1.11. The molecule has 3 fully saturated rings. The summed E-state index contributed by atoms with van der Waals surface area (Å²) in [6.07, 6.45) is 11.9. The summed E-state index contributed by atoms with van der Waals surface area (Å²) in [5, 5.41) is 0. The van der Waals surface area contributed by atoms with Crippen LogP contribution in [0.15, 0.2) is 0 Å². The molecule has 2 aliphatic carbocycles. The molecule has 1 nitrogen and oxygen atoms in total. The van der Waals surface area contributed by atoms with Crippen molar-refractivity contribution in [3.8, 4) is 0 Å². The van der Waals surface area contributed by atoms with Crippen LogP contribution in [0.5, 0.6) is 0 Å². The normalized spacial score (nSPS) is 33.4. The zero-order valence-electron chi connectivity index (χ0n) is 9.13. The average molecular weight is 210 g/mol. The van der Waals surface area contributed by atoms with E-state index in [4.69, 9.17) is 4.43 Å². The van der Waals surface area contributed by atoms with Crippen molar-refractivity contribution >= 4 is 8.32 Å². The second-order valence-corrected chi connectivity index (χ2v) is 9.85. The molecule has 2 saturated carbocycles. The van der Waals surface area contributed by atoms with Gasteiger partial charge in [0.05, 0.1) is 0 Å². The second-order valence-electron chi connectivity index (χ2n) is 5.52. The third-order valence-corrected chi connectivity index (χ3v) is 10.7. The zero-order chi connectivity index (χ0) is 9.43. The molecule has 0 N–H and O–H groups in total. The first kappa shape index (κ1) is 9.41. The lowest BCUT2D eigenvalue weighted by Gasteiger charge is -2.52. The van der Waals surface area contributed by atoms with Crippen molar-refractivity contribution in [2.45, 2.75) is 68.5 Å². The van der Waals surface area contributed by atoms with Crippen LogP contribution in [0, 0.1) is 0 Å². The van der Waals surface area contributed by atoms with Crippen LogP contribution >= 0.6 is 0 Å². The highest BCUT2D eigenvalue weighted by molar-refractivity contribution is 6.77. The first-order chi connectivity index (χ1) is 6.92. The number of rotatable bonds is 2. The van der Waals surface area contributed by atoms with Gasteiger partial charge in [0.25, 0.3) is 0 Å². The molecule has 0 radical (unpaired) electrons. The van der Waals surface area contributed by atoms with Gasteiger partial charge in [0.1, 0.15) is 0 Å². The Morgan fingerprint density at radius 2 is 1.43 bits per heavy atom. The van der Waals surface area contributed by atoms with E-state index in [1.54, 1.807) is 0 Å². The van der Waals surface area contributed by atoms with Gasteiger partial charge in [0.15, 0.2) is 8.32 Å². The Morgan fingerprint density at radius 3 is 1.79 bits per heavy atom. The smallest absolute Gasteiger partial charge is 0.198 e. The second kappa shape index (κ2) is 3.64. The molecule has 1 saturated heterocycles. The summed E-state index contributed by atoms with van der Waals surface area (Å²) in [5.41, 5.74) is 2.15. The molecule has 0 amide bonds. The minimum absolute atomic E-state index is 1.08. The monoisotopic (exact) mass is 210 g/mol. The fraction of sp³-hybridized carbons (Fsp3) is 1.00. The Kier molecular flexibility index (Phi) is 2.44. The van der Waals surface area contributed by atoms with E-state index in [9.17, 15) is 0 Å². The molecular weight excluding hydrogens is 188 g/mol. The molecule has 0 aromatic heterocycles. The highest BCUT2D eigenvalue weighted by Gasteiger charge is 2.53. The van der Waals surface area contributed by atoms with Crippen molar-refractivity contribution in [2.75, 3.05) is 6.61 Å².